The second-order valence-electron chi connectivity index (χ2n) is 8.07. The van der Waals surface area contributed by atoms with Gasteiger partial charge < -0.3 is 28.8 Å². The zero-order valence-corrected chi connectivity index (χ0v) is 14.4. The average Bonchev–Trinajstić information content (AvgIpc) is 3.13. The quantitative estimate of drug-likeness (QED) is 0.773. The van der Waals surface area contributed by atoms with Crippen molar-refractivity contribution in [3.63, 3.8) is 0 Å². The van der Waals surface area contributed by atoms with Crippen molar-refractivity contribution in [2.24, 2.45) is 0 Å². The Kier molecular flexibility index (Phi) is 3.87. The standard InChI is InChI=1S/C18H26O7/c19-15(20)13-11-12(23-17(22-11)7-3-1-4-8-17)14-16(21-13)25-18(24-14)9-5-2-6-10-18/h11-14,16H,1-10H2,(H,19,20)/t11-,12-,13+,14+,16-/m0/s1. The first kappa shape index (κ1) is 16.4. The Balaban J connectivity index is 1.43. The molecule has 2 saturated carbocycles. The molecule has 5 atom stereocenters. The third-order valence-corrected chi connectivity index (χ3v) is 6.35. The molecule has 3 heterocycles. The summed E-state index contributed by atoms with van der Waals surface area (Å²) in [4.78, 5) is 11.8. The second-order valence-corrected chi connectivity index (χ2v) is 8.07. The summed E-state index contributed by atoms with van der Waals surface area (Å²) < 4.78 is 30.8. The van der Waals surface area contributed by atoms with Gasteiger partial charge in [-0.05, 0) is 25.7 Å². The monoisotopic (exact) mass is 354 g/mol. The molecule has 2 spiro atoms. The highest BCUT2D eigenvalue weighted by Crippen LogP contribution is 2.50. The minimum Gasteiger partial charge on any atom is -0.479 e. The molecule has 0 amide bonds. The van der Waals surface area contributed by atoms with Gasteiger partial charge in [-0.3, -0.25) is 0 Å². The Morgan fingerprint density at radius 1 is 0.720 bits per heavy atom. The summed E-state index contributed by atoms with van der Waals surface area (Å²) in [5, 5.41) is 9.64. The molecule has 5 fully saturated rings. The van der Waals surface area contributed by atoms with E-state index in [1.165, 1.54) is 6.42 Å². The molecular formula is C18H26O7. The van der Waals surface area contributed by atoms with Crippen LogP contribution in [0.15, 0.2) is 0 Å². The van der Waals surface area contributed by atoms with Crippen molar-refractivity contribution in [3.8, 4) is 0 Å². The van der Waals surface area contributed by atoms with Crippen LogP contribution < -0.4 is 0 Å². The van der Waals surface area contributed by atoms with Crippen molar-refractivity contribution in [1.82, 2.24) is 0 Å². The molecule has 0 unspecified atom stereocenters. The molecule has 0 bridgehead atoms. The van der Waals surface area contributed by atoms with Gasteiger partial charge in [0.25, 0.3) is 0 Å². The summed E-state index contributed by atoms with van der Waals surface area (Å²) in [5.41, 5.74) is 0. The first-order valence-electron chi connectivity index (χ1n) is 9.69. The zero-order chi connectivity index (χ0) is 17.1. The molecule has 0 aromatic heterocycles. The third kappa shape index (κ3) is 2.63. The van der Waals surface area contributed by atoms with Gasteiger partial charge in [-0.15, -0.1) is 0 Å². The summed E-state index contributed by atoms with van der Waals surface area (Å²) in [6, 6.07) is 0. The number of carboxylic acid groups (broad SMARTS) is 1. The van der Waals surface area contributed by atoms with Crippen molar-refractivity contribution in [2.45, 2.75) is 106 Å². The summed E-state index contributed by atoms with van der Waals surface area (Å²) in [5.74, 6) is -2.35. The average molecular weight is 354 g/mol. The molecule has 2 aliphatic carbocycles. The van der Waals surface area contributed by atoms with Crippen molar-refractivity contribution in [2.75, 3.05) is 0 Å². The van der Waals surface area contributed by atoms with Gasteiger partial charge in [-0.2, -0.15) is 0 Å². The molecule has 3 saturated heterocycles. The van der Waals surface area contributed by atoms with Crippen molar-refractivity contribution >= 4 is 5.97 Å². The summed E-state index contributed by atoms with van der Waals surface area (Å²) >= 11 is 0. The van der Waals surface area contributed by atoms with Crippen molar-refractivity contribution in [1.29, 1.82) is 0 Å². The Morgan fingerprint density at radius 3 is 1.84 bits per heavy atom. The van der Waals surface area contributed by atoms with Crippen LogP contribution in [0.4, 0.5) is 0 Å². The lowest BCUT2D eigenvalue weighted by Gasteiger charge is -2.35. The van der Waals surface area contributed by atoms with Crippen LogP contribution in [0.3, 0.4) is 0 Å². The molecule has 1 N–H and O–H groups in total. The van der Waals surface area contributed by atoms with Crippen LogP contribution in [0.1, 0.15) is 64.2 Å². The van der Waals surface area contributed by atoms with E-state index in [0.29, 0.717) is 0 Å². The van der Waals surface area contributed by atoms with Gasteiger partial charge in [0, 0.05) is 25.7 Å². The van der Waals surface area contributed by atoms with Gasteiger partial charge in [0.1, 0.15) is 18.3 Å². The predicted molar refractivity (Wildman–Crippen MR) is 83.6 cm³/mol. The van der Waals surface area contributed by atoms with Crippen LogP contribution >= 0.6 is 0 Å². The number of hydrogen-bond acceptors (Lipinski definition) is 6. The fourth-order valence-corrected chi connectivity index (χ4v) is 5.16. The number of fused-ring (bicyclic) bond motifs is 3. The van der Waals surface area contributed by atoms with Gasteiger partial charge in [0.2, 0.25) is 0 Å². The summed E-state index contributed by atoms with van der Waals surface area (Å²) in [6.45, 7) is 0. The maximum absolute atomic E-state index is 11.8. The minimum absolute atomic E-state index is 0.417. The van der Waals surface area contributed by atoms with Crippen LogP contribution in [0, 0.1) is 0 Å². The summed E-state index contributed by atoms with van der Waals surface area (Å²) in [7, 11) is 0. The topological polar surface area (TPSA) is 83.5 Å². The highest BCUT2D eigenvalue weighted by Gasteiger charge is 2.65. The molecule has 0 radical (unpaired) electrons. The van der Waals surface area contributed by atoms with E-state index in [4.69, 9.17) is 23.7 Å². The van der Waals surface area contributed by atoms with Crippen LogP contribution in [0.2, 0.25) is 0 Å². The van der Waals surface area contributed by atoms with E-state index >= 15 is 0 Å². The Labute approximate surface area is 146 Å². The van der Waals surface area contributed by atoms with E-state index in [9.17, 15) is 9.90 Å². The first-order chi connectivity index (χ1) is 12.1. The maximum Gasteiger partial charge on any atom is 0.335 e. The number of rotatable bonds is 1. The molecule has 5 rings (SSSR count). The fraction of sp³-hybridized carbons (Fsp3) is 0.944. The molecule has 0 aromatic carbocycles. The molecule has 5 aliphatic rings. The number of carboxylic acids is 1. The lowest BCUT2D eigenvalue weighted by atomic mass is 9.94. The third-order valence-electron chi connectivity index (χ3n) is 6.35. The minimum atomic E-state index is -1.07. The second kappa shape index (κ2) is 5.89. The van der Waals surface area contributed by atoms with Crippen LogP contribution in [-0.4, -0.2) is 53.4 Å². The number of carbonyl (C=O) groups is 1. The Hall–Kier alpha value is -0.730. The van der Waals surface area contributed by atoms with E-state index in [-0.39, 0.29) is 0 Å². The Bertz CT molecular complexity index is 538. The van der Waals surface area contributed by atoms with Gasteiger partial charge >= 0.3 is 5.97 Å². The lowest BCUT2D eigenvalue weighted by Crippen LogP contribution is -2.57. The largest absolute Gasteiger partial charge is 0.479 e. The highest BCUT2D eigenvalue weighted by molar-refractivity contribution is 5.73. The summed E-state index contributed by atoms with van der Waals surface area (Å²) in [6.07, 6.45) is 6.50. The predicted octanol–water partition coefficient (Wildman–Crippen LogP) is 2.32. The van der Waals surface area contributed by atoms with Crippen molar-refractivity contribution in [3.05, 3.63) is 0 Å². The molecule has 25 heavy (non-hydrogen) atoms. The maximum atomic E-state index is 11.8. The van der Waals surface area contributed by atoms with Crippen molar-refractivity contribution < 1.29 is 33.6 Å². The van der Waals surface area contributed by atoms with Gasteiger partial charge in [-0.1, -0.05) is 12.8 Å². The fourth-order valence-electron chi connectivity index (χ4n) is 5.16. The molecule has 7 heteroatoms. The first-order valence-corrected chi connectivity index (χ1v) is 9.69. The number of ether oxygens (including phenoxy) is 5. The zero-order valence-electron chi connectivity index (χ0n) is 14.4. The van der Waals surface area contributed by atoms with E-state index in [1.807, 2.05) is 0 Å². The SMILES string of the molecule is O=C(O)[C@@H]1O[C@H]2OC3(CCCCC3)O[C@@H]2[C@H]2OC3(CCCCC3)O[C@@H]21. The van der Waals surface area contributed by atoms with Crippen LogP contribution in [0.5, 0.6) is 0 Å². The van der Waals surface area contributed by atoms with E-state index < -0.39 is 48.2 Å². The Morgan fingerprint density at radius 2 is 1.24 bits per heavy atom. The number of hydrogen-bond donors (Lipinski definition) is 1. The highest BCUT2D eigenvalue weighted by atomic mass is 16.9. The normalized spacial score (nSPS) is 44.6. The van der Waals surface area contributed by atoms with E-state index in [0.717, 1.165) is 57.8 Å². The van der Waals surface area contributed by atoms with Gasteiger partial charge in [0.15, 0.2) is 24.0 Å². The van der Waals surface area contributed by atoms with Crippen LogP contribution in [0.25, 0.3) is 0 Å². The number of aliphatic carboxylic acids is 1. The molecule has 7 nitrogen and oxygen atoms in total. The van der Waals surface area contributed by atoms with Crippen LogP contribution in [-0.2, 0) is 28.5 Å². The van der Waals surface area contributed by atoms with Gasteiger partial charge in [0.05, 0.1) is 0 Å². The smallest absolute Gasteiger partial charge is 0.335 e. The molecular weight excluding hydrogens is 328 g/mol. The lowest BCUT2D eigenvalue weighted by molar-refractivity contribution is -0.251. The molecule has 0 aromatic rings. The molecule has 3 aliphatic heterocycles. The molecule has 140 valence electrons. The van der Waals surface area contributed by atoms with Gasteiger partial charge in [-0.25, -0.2) is 4.79 Å². The van der Waals surface area contributed by atoms with E-state index in [1.54, 1.807) is 0 Å². The van der Waals surface area contributed by atoms with E-state index in [2.05, 4.69) is 0 Å².